The van der Waals surface area contributed by atoms with Crippen molar-refractivity contribution in [2.75, 3.05) is 26.9 Å². The minimum absolute atomic E-state index is 0.172. The molecule has 0 bridgehead atoms. The first kappa shape index (κ1) is 19.5. The number of ether oxygens (including phenoxy) is 2. The summed E-state index contributed by atoms with van der Waals surface area (Å²) >= 11 is 0. The molecule has 2 fully saturated rings. The lowest BCUT2D eigenvalue weighted by atomic mass is 9.79. The van der Waals surface area contributed by atoms with E-state index in [4.69, 9.17) is 14.3 Å². The summed E-state index contributed by atoms with van der Waals surface area (Å²) < 4.78 is 10.6. The van der Waals surface area contributed by atoms with Gasteiger partial charge in [-0.1, -0.05) is 12.8 Å². The summed E-state index contributed by atoms with van der Waals surface area (Å²) in [5.41, 5.74) is 2.79. The highest BCUT2D eigenvalue weighted by atomic mass is 16.7. The van der Waals surface area contributed by atoms with Gasteiger partial charge in [0.15, 0.2) is 0 Å². The number of amides is 1. The predicted octanol–water partition coefficient (Wildman–Crippen LogP) is 3.11. The van der Waals surface area contributed by atoms with Crippen molar-refractivity contribution in [3.05, 3.63) is 0 Å². The number of carbonyl (C=O) groups excluding carboxylic acids is 1. The second-order valence-corrected chi connectivity index (χ2v) is 7.90. The number of nitrogens with zero attached hydrogens (tertiary/aromatic N) is 1. The predicted molar refractivity (Wildman–Crippen MR) is 92.7 cm³/mol. The fourth-order valence-corrected chi connectivity index (χ4v) is 3.84. The molecule has 3 atom stereocenters. The Hall–Kier alpha value is -0.850. The summed E-state index contributed by atoms with van der Waals surface area (Å²) in [6.45, 7) is 7.69. The largest absolute Gasteiger partial charge is 0.444 e. The molecule has 2 rings (SSSR count). The van der Waals surface area contributed by atoms with Crippen LogP contribution in [-0.4, -0.2) is 55.5 Å². The average Bonchev–Trinajstić information content (AvgIpc) is 3.00. The number of hydrogen-bond acceptors (Lipinski definition) is 5. The van der Waals surface area contributed by atoms with Gasteiger partial charge in [0.05, 0.1) is 13.2 Å². The van der Waals surface area contributed by atoms with Crippen LogP contribution in [0.5, 0.6) is 0 Å². The van der Waals surface area contributed by atoms with Crippen molar-refractivity contribution in [2.24, 2.45) is 5.92 Å². The van der Waals surface area contributed by atoms with Gasteiger partial charge in [0.1, 0.15) is 5.60 Å². The van der Waals surface area contributed by atoms with Crippen molar-refractivity contribution in [1.82, 2.24) is 10.4 Å². The molecule has 0 aromatic carbocycles. The summed E-state index contributed by atoms with van der Waals surface area (Å²) in [5.74, 6) is 0.427. The fourth-order valence-electron chi connectivity index (χ4n) is 3.84. The minimum atomic E-state index is -0.447. The lowest BCUT2D eigenvalue weighted by Gasteiger charge is -2.39. The molecule has 140 valence electrons. The number of hydroxylamine groups is 1. The number of methoxy groups -OCH3 is 1. The van der Waals surface area contributed by atoms with Crippen molar-refractivity contribution in [2.45, 2.75) is 77.0 Å². The monoisotopic (exact) mass is 342 g/mol. The van der Waals surface area contributed by atoms with E-state index in [1.54, 1.807) is 7.11 Å². The molecular formula is C18H34N2O4. The van der Waals surface area contributed by atoms with Crippen LogP contribution in [0.25, 0.3) is 0 Å². The molecule has 0 aromatic heterocycles. The lowest BCUT2D eigenvalue weighted by Crippen LogP contribution is -2.50. The Bertz CT molecular complexity index is 397. The van der Waals surface area contributed by atoms with Crippen LogP contribution in [0.4, 0.5) is 4.79 Å². The molecule has 1 aliphatic carbocycles. The van der Waals surface area contributed by atoms with Gasteiger partial charge in [0.2, 0.25) is 0 Å². The zero-order valence-electron chi connectivity index (χ0n) is 15.7. The van der Waals surface area contributed by atoms with Crippen LogP contribution < -0.4 is 5.48 Å². The molecule has 1 saturated heterocycles. The van der Waals surface area contributed by atoms with Gasteiger partial charge in [0, 0.05) is 25.7 Å². The highest BCUT2D eigenvalue weighted by Crippen LogP contribution is 2.35. The summed E-state index contributed by atoms with van der Waals surface area (Å²) in [6.07, 6.45) is 6.60. The maximum absolute atomic E-state index is 12.6. The Labute approximate surface area is 146 Å². The van der Waals surface area contributed by atoms with E-state index in [1.165, 1.54) is 12.8 Å². The molecular weight excluding hydrogens is 308 g/mol. The SMILES string of the molecule is COCCONC1CCCCC1C1CCCN1C(=O)OC(C)(C)C. The molecule has 2 aliphatic rings. The minimum Gasteiger partial charge on any atom is -0.444 e. The van der Waals surface area contributed by atoms with Crippen molar-refractivity contribution in [3.8, 4) is 0 Å². The molecule has 6 nitrogen and oxygen atoms in total. The zero-order valence-corrected chi connectivity index (χ0v) is 15.7. The first-order valence-corrected chi connectivity index (χ1v) is 9.28. The van der Waals surface area contributed by atoms with Gasteiger partial charge in [-0.3, -0.25) is 4.84 Å². The topological polar surface area (TPSA) is 60.0 Å². The maximum Gasteiger partial charge on any atom is 0.410 e. The van der Waals surface area contributed by atoms with Gasteiger partial charge < -0.3 is 14.4 Å². The van der Waals surface area contributed by atoms with E-state index in [-0.39, 0.29) is 12.1 Å². The molecule has 1 N–H and O–H groups in total. The van der Waals surface area contributed by atoms with Crippen LogP contribution in [0.1, 0.15) is 59.3 Å². The molecule has 1 amide bonds. The van der Waals surface area contributed by atoms with Crippen molar-refractivity contribution in [1.29, 1.82) is 0 Å². The van der Waals surface area contributed by atoms with E-state index in [2.05, 4.69) is 5.48 Å². The first-order chi connectivity index (χ1) is 11.4. The Balaban J connectivity index is 1.95. The Morgan fingerprint density at radius 1 is 1.12 bits per heavy atom. The number of hydrogen-bond donors (Lipinski definition) is 1. The van der Waals surface area contributed by atoms with Crippen molar-refractivity contribution in [3.63, 3.8) is 0 Å². The first-order valence-electron chi connectivity index (χ1n) is 9.28. The molecule has 0 radical (unpaired) electrons. The average molecular weight is 342 g/mol. The maximum atomic E-state index is 12.6. The second kappa shape index (κ2) is 9.02. The number of nitrogens with one attached hydrogen (secondary N) is 1. The van der Waals surface area contributed by atoms with E-state index < -0.39 is 5.60 Å². The summed E-state index contributed by atoms with van der Waals surface area (Å²) in [4.78, 5) is 20.1. The third-order valence-electron chi connectivity index (χ3n) is 4.87. The van der Waals surface area contributed by atoms with Crippen LogP contribution in [0.15, 0.2) is 0 Å². The van der Waals surface area contributed by atoms with E-state index >= 15 is 0 Å². The van der Waals surface area contributed by atoms with Gasteiger partial charge in [-0.05, 0) is 52.4 Å². The lowest BCUT2D eigenvalue weighted by molar-refractivity contribution is -0.0423. The summed E-state index contributed by atoms with van der Waals surface area (Å²) in [7, 11) is 1.67. The van der Waals surface area contributed by atoms with Crippen LogP contribution in [0.2, 0.25) is 0 Å². The molecule has 3 unspecified atom stereocenters. The summed E-state index contributed by atoms with van der Waals surface area (Å²) in [5, 5.41) is 0. The van der Waals surface area contributed by atoms with Crippen molar-refractivity contribution < 1.29 is 19.1 Å². The molecule has 1 heterocycles. The molecule has 6 heteroatoms. The molecule has 0 aromatic rings. The smallest absolute Gasteiger partial charge is 0.410 e. The van der Waals surface area contributed by atoms with Gasteiger partial charge in [-0.25, -0.2) is 4.79 Å². The van der Waals surface area contributed by atoms with Crippen LogP contribution in [0.3, 0.4) is 0 Å². The zero-order chi connectivity index (χ0) is 17.6. The quantitative estimate of drug-likeness (QED) is 0.594. The normalized spacial score (nSPS) is 28.2. The van der Waals surface area contributed by atoms with E-state index in [9.17, 15) is 4.79 Å². The van der Waals surface area contributed by atoms with Crippen LogP contribution >= 0.6 is 0 Å². The molecule has 1 aliphatic heterocycles. The van der Waals surface area contributed by atoms with Gasteiger partial charge in [-0.2, -0.15) is 5.48 Å². The third kappa shape index (κ3) is 5.60. The highest BCUT2D eigenvalue weighted by Gasteiger charge is 2.41. The summed E-state index contributed by atoms with van der Waals surface area (Å²) in [6, 6.07) is 0.548. The van der Waals surface area contributed by atoms with E-state index in [0.29, 0.717) is 25.2 Å². The Morgan fingerprint density at radius 2 is 1.88 bits per heavy atom. The second-order valence-electron chi connectivity index (χ2n) is 7.90. The molecule has 1 saturated carbocycles. The fraction of sp³-hybridized carbons (Fsp3) is 0.944. The molecule has 24 heavy (non-hydrogen) atoms. The van der Waals surface area contributed by atoms with Gasteiger partial charge in [0.25, 0.3) is 0 Å². The Morgan fingerprint density at radius 3 is 2.58 bits per heavy atom. The van der Waals surface area contributed by atoms with E-state index in [1.807, 2.05) is 25.7 Å². The van der Waals surface area contributed by atoms with Gasteiger partial charge >= 0.3 is 6.09 Å². The number of likely N-dealkylation sites (tertiary alicyclic amines) is 1. The van der Waals surface area contributed by atoms with Gasteiger partial charge in [-0.15, -0.1) is 0 Å². The number of carbonyl (C=O) groups is 1. The third-order valence-corrected chi connectivity index (χ3v) is 4.87. The van der Waals surface area contributed by atoms with Crippen LogP contribution in [-0.2, 0) is 14.3 Å². The van der Waals surface area contributed by atoms with Crippen LogP contribution in [0, 0.1) is 5.92 Å². The molecule has 0 spiro atoms. The standard InChI is InChI=1S/C18H34N2O4/c1-18(2,3)24-17(21)20-11-7-10-16(20)14-8-5-6-9-15(14)19-23-13-12-22-4/h14-16,19H,5-13H2,1-4H3. The van der Waals surface area contributed by atoms with Crippen molar-refractivity contribution >= 4 is 6.09 Å². The highest BCUT2D eigenvalue weighted by molar-refractivity contribution is 5.69. The number of rotatable bonds is 6. The Kier molecular flexibility index (Phi) is 7.32. The van der Waals surface area contributed by atoms with E-state index in [0.717, 1.165) is 32.2 Å².